The van der Waals surface area contributed by atoms with Gasteiger partial charge in [0.25, 0.3) is 0 Å². The van der Waals surface area contributed by atoms with Gasteiger partial charge in [-0.2, -0.15) is 0 Å². The number of benzene rings is 11. The molecule has 73 heavy (non-hydrogen) atoms. The summed E-state index contributed by atoms with van der Waals surface area (Å²) in [5.74, 6) is 0.667. The van der Waals surface area contributed by atoms with E-state index >= 15 is 0 Å². The van der Waals surface area contributed by atoms with Crippen LogP contribution in [-0.2, 0) is 5.41 Å². The van der Waals surface area contributed by atoms with E-state index in [1.54, 1.807) is 0 Å². The van der Waals surface area contributed by atoms with Crippen molar-refractivity contribution in [1.29, 1.82) is 0 Å². The Hall–Kier alpha value is -8.60. The Labute approximate surface area is 425 Å². The third-order valence-corrected chi connectivity index (χ3v) is 15.9. The molecule has 1 aliphatic carbocycles. The van der Waals surface area contributed by atoms with Gasteiger partial charge in [-0.1, -0.05) is 187 Å². The molecule has 0 amide bonds. The van der Waals surface area contributed by atoms with Crippen LogP contribution in [0.4, 0.5) is 34.1 Å². The smallest absolute Gasteiger partial charge is 0.159 e. The van der Waals surface area contributed by atoms with Gasteiger partial charge in [0, 0.05) is 49.7 Å². The average molecular weight is 943 g/mol. The summed E-state index contributed by atoms with van der Waals surface area (Å²) in [5.41, 5.74) is 17.5. The SMILES string of the molecule is CC(C)c1cccc2c1oc1c(N(c3ccccc3)c3ccc4c5c(ccc4c3)-c3c(c4ccc(N(c6ccccc6)c6cccc7c6oc6c(C(C)C)cccc67)cc4c4ccccc34)C5(C)C)cccc12. The molecule has 4 heteroatoms. The second kappa shape index (κ2) is 16.2. The Balaban J connectivity index is 0.940. The fourth-order valence-corrected chi connectivity index (χ4v) is 12.6. The van der Waals surface area contributed by atoms with Gasteiger partial charge in [0.2, 0.25) is 0 Å². The van der Waals surface area contributed by atoms with Crippen LogP contribution < -0.4 is 9.80 Å². The first-order valence-corrected chi connectivity index (χ1v) is 25.8. The number of hydrogen-bond donors (Lipinski definition) is 0. The standard InChI is InChI=1S/C69H54N2O2/c1-41(2)48-25-15-27-54-56-29-17-31-60(67(56)72-65(48)54)70(44-19-9-7-10-20-44)46-34-37-50-43(39-46)33-36-58-62-52-24-14-13-23-51(52)59-40-47(35-38-53(59)64(62)69(5,6)63(50)58)71(45-21-11-8-12-22-45)61-32-18-30-57-55-28-16-26-49(42(3)4)66(55)73-68(57)61/h7-42H,1-6H3. The molecule has 352 valence electrons. The highest BCUT2D eigenvalue weighted by Gasteiger charge is 2.40. The summed E-state index contributed by atoms with van der Waals surface area (Å²) in [6.45, 7) is 13.8. The highest BCUT2D eigenvalue weighted by molar-refractivity contribution is 6.21. The molecule has 4 nitrogen and oxygen atoms in total. The molecule has 11 aromatic carbocycles. The van der Waals surface area contributed by atoms with E-state index in [-0.39, 0.29) is 5.41 Å². The third kappa shape index (κ3) is 6.39. The molecule has 2 heterocycles. The molecule has 0 atom stereocenters. The van der Waals surface area contributed by atoms with Crippen LogP contribution in [0, 0.1) is 0 Å². The molecule has 0 bridgehead atoms. The summed E-state index contributed by atoms with van der Waals surface area (Å²) in [6, 6.07) is 75.6. The highest BCUT2D eigenvalue weighted by Crippen LogP contribution is 2.58. The maximum absolute atomic E-state index is 6.97. The van der Waals surface area contributed by atoms with Gasteiger partial charge < -0.3 is 18.6 Å². The molecule has 0 saturated carbocycles. The van der Waals surface area contributed by atoms with Gasteiger partial charge in [0.15, 0.2) is 11.2 Å². The van der Waals surface area contributed by atoms with Gasteiger partial charge in [0.05, 0.1) is 11.4 Å². The second-order valence-corrected chi connectivity index (χ2v) is 21.2. The predicted octanol–water partition coefficient (Wildman–Crippen LogP) is 20.4. The van der Waals surface area contributed by atoms with Crippen molar-refractivity contribution >= 4 is 110 Å². The molecule has 0 unspecified atom stereocenters. The number of rotatable bonds is 8. The van der Waals surface area contributed by atoms with Crippen molar-refractivity contribution in [2.45, 2.75) is 58.8 Å². The van der Waals surface area contributed by atoms with Gasteiger partial charge in [-0.05, 0) is 138 Å². The van der Waals surface area contributed by atoms with Gasteiger partial charge >= 0.3 is 0 Å². The van der Waals surface area contributed by atoms with E-state index in [1.807, 2.05) is 0 Å². The minimum Gasteiger partial charge on any atom is -0.454 e. The molecule has 0 radical (unpaired) electrons. The predicted molar refractivity (Wildman–Crippen MR) is 309 cm³/mol. The summed E-state index contributed by atoms with van der Waals surface area (Å²) in [4.78, 5) is 4.74. The quantitative estimate of drug-likeness (QED) is 0.142. The minimum atomic E-state index is -0.324. The maximum Gasteiger partial charge on any atom is 0.159 e. The van der Waals surface area contributed by atoms with Crippen LogP contribution in [-0.4, -0.2) is 0 Å². The topological polar surface area (TPSA) is 32.8 Å². The molecule has 0 aliphatic heterocycles. The fourth-order valence-electron chi connectivity index (χ4n) is 12.6. The maximum atomic E-state index is 6.97. The number of hydrogen-bond acceptors (Lipinski definition) is 4. The van der Waals surface area contributed by atoms with Gasteiger partial charge in [-0.3, -0.25) is 0 Å². The van der Waals surface area contributed by atoms with E-state index in [2.05, 4.69) is 258 Å². The number of anilines is 6. The Morgan fingerprint density at radius 2 is 0.808 bits per heavy atom. The first-order chi connectivity index (χ1) is 35.7. The Kier molecular flexibility index (Phi) is 9.60. The largest absolute Gasteiger partial charge is 0.454 e. The lowest BCUT2D eigenvalue weighted by atomic mass is 9.77. The third-order valence-electron chi connectivity index (χ3n) is 15.9. The average Bonchev–Trinajstić information content (AvgIpc) is 4.08. The molecule has 0 fully saturated rings. The van der Waals surface area contributed by atoms with Crippen LogP contribution in [0.2, 0.25) is 0 Å². The first kappa shape index (κ1) is 43.2. The monoisotopic (exact) mass is 942 g/mol. The van der Waals surface area contributed by atoms with Crippen molar-refractivity contribution in [3.63, 3.8) is 0 Å². The van der Waals surface area contributed by atoms with Crippen molar-refractivity contribution in [2.24, 2.45) is 0 Å². The van der Waals surface area contributed by atoms with E-state index in [0.717, 1.165) is 78.0 Å². The normalized spacial score (nSPS) is 13.2. The molecule has 2 aromatic heterocycles. The number of nitrogens with zero attached hydrogens (tertiary/aromatic N) is 2. The van der Waals surface area contributed by atoms with Crippen LogP contribution in [0.25, 0.3) is 87.3 Å². The van der Waals surface area contributed by atoms with E-state index in [1.165, 1.54) is 65.7 Å². The van der Waals surface area contributed by atoms with Crippen LogP contribution in [0.15, 0.2) is 215 Å². The lowest BCUT2D eigenvalue weighted by Gasteiger charge is -2.28. The lowest BCUT2D eigenvalue weighted by molar-refractivity contribution is 0.657. The molecule has 1 aliphatic rings. The number of furan rings is 2. The van der Waals surface area contributed by atoms with Crippen LogP contribution in [0.1, 0.15) is 75.6 Å². The Morgan fingerprint density at radius 3 is 1.36 bits per heavy atom. The summed E-state index contributed by atoms with van der Waals surface area (Å²) in [5, 5.41) is 12.0. The van der Waals surface area contributed by atoms with Crippen molar-refractivity contribution in [3.8, 4) is 11.1 Å². The lowest BCUT2D eigenvalue weighted by Crippen LogP contribution is -2.16. The van der Waals surface area contributed by atoms with Crippen molar-refractivity contribution in [3.05, 3.63) is 229 Å². The van der Waals surface area contributed by atoms with E-state index < -0.39 is 0 Å². The summed E-state index contributed by atoms with van der Waals surface area (Å²) in [7, 11) is 0. The summed E-state index contributed by atoms with van der Waals surface area (Å²) >= 11 is 0. The molecule has 0 spiro atoms. The van der Waals surface area contributed by atoms with Gasteiger partial charge in [-0.15, -0.1) is 0 Å². The van der Waals surface area contributed by atoms with E-state index in [4.69, 9.17) is 8.83 Å². The van der Waals surface area contributed by atoms with E-state index in [9.17, 15) is 0 Å². The van der Waals surface area contributed by atoms with Crippen LogP contribution in [0.3, 0.4) is 0 Å². The highest BCUT2D eigenvalue weighted by atomic mass is 16.3. The Bertz CT molecular complexity index is 4370. The zero-order chi connectivity index (χ0) is 49.3. The molecular formula is C69H54N2O2. The first-order valence-electron chi connectivity index (χ1n) is 25.8. The Morgan fingerprint density at radius 1 is 0.342 bits per heavy atom. The van der Waals surface area contributed by atoms with Crippen molar-refractivity contribution in [2.75, 3.05) is 9.80 Å². The van der Waals surface area contributed by atoms with Gasteiger partial charge in [-0.25, -0.2) is 0 Å². The van der Waals surface area contributed by atoms with Crippen LogP contribution in [0.5, 0.6) is 0 Å². The zero-order valence-corrected chi connectivity index (χ0v) is 42.0. The number of fused-ring (bicyclic) bond motifs is 16. The van der Waals surface area contributed by atoms with Crippen molar-refractivity contribution in [1.82, 2.24) is 0 Å². The molecule has 14 rings (SSSR count). The zero-order valence-electron chi connectivity index (χ0n) is 42.0. The summed E-state index contributed by atoms with van der Waals surface area (Å²) in [6.07, 6.45) is 0. The molecule has 0 N–H and O–H groups in total. The van der Waals surface area contributed by atoms with Crippen LogP contribution >= 0.6 is 0 Å². The molecular weight excluding hydrogens is 889 g/mol. The molecule has 13 aromatic rings. The number of para-hydroxylation sites is 6. The van der Waals surface area contributed by atoms with Crippen molar-refractivity contribution < 1.29 is 8.83 Å². The summed E-state index contributed by atoms with van der Waals surface area (Å²) < 4.78 is 13.9. The second-order valence-electron chi connectivity index (χ2n) is 21.2. The van der Waals surface area contributed by atoms with Gasteiger partial charge in [0.1, 0.15) is 11.2 Å². The fraction of sp³-hybridized carbons (Fsp3) is 0.130. The van der Waals surface area contributed by atoms with E-state index in [0.29, 0.717) is 11.8 Å². The minimum absolute atomic E-state index is 0.324. The molecule has 0 saturated heterocycles.